The molecular weight excluding hydrogens is 548 g/mol. The quantitative estimate of drug-likeness (QED) is 0.104. The van der Waals surface area contributed by atoms with Crippen LogP contribution in [-0.2, 0) is 14.3 Å². The molecule has 1 atom stereocenters. The summed E-state index contributed by atoms with van der Waals surface area (Å²) in [7, 11) is 2.73. The Hall–Kier alpha value is -4.38. The van der Waals surface area contributed by atoms with E-state index in [0.717, 1.165) is 24.2 Å². The number of aryl methyl sites for hydroxylation is 1. The molecule has 2 heterocycles. The molecule has 10 nitrogen and oxygen atoms in total. The lowest BCUT2D eigenvalue weighted by Gasteiger charge is -2.24. The highest BCUT2D eigenvalue weighted by atomic mass is 32.1. The standard InChI is InChI=1S/C30H32N2O8S/c1-6-8-15-40-20-12-9-18(10-13-20)25(33)23-24(19-11-14-21(39-7-2)22(16-19)37-4)32(28(35)26(23)34)30-31-17(3)27(41-30)29(36)38-5/h9-14,16,24,33H,6-8,15H2,1-5H3/b25-23+. The molecule has 0 saturated carbocycles. The number of carbonyl (C=O) groups is 3. The van der Waals surface area contributed by atoms with Crippen molar-refractivity contribution in [2.45, 2.75) is 39.7 Å². The number of rotatable bonds is 11. The Morgan fingerprint density at radius 1 is 1.05 bits per heavy atom. The molecule has 4 rings (SSSR count). The summed E-state index contributed by atoms with van der Waals surface area (Å²) in [5.41, 5.74) is 1.02. The molecule has 1 amide bonds. The first-order chi connectivity index (χ1) is 19.7. The second-order valence-corrected chi connectivity index (χ2v) is 10.1. The summed E-state index contributed by atoms with van der Waals surface area (Å²) in [4.78, 5) is 45.2. The predicted octanol–water partition coefficient (Wildman–Crippen LogP) is 5.45. The molecule has 0 radical (unpaired) electrons. The number of methoxy groups -OCH3 is 2. The van der Waals surface area contributed by atoms with Crippen molar-refractivity contribution in [3.63, 3.8) is 0 Å². The largest absolute Gasteiger partial charge is 0.507 e. The Morgan fingerprint density at radius 3 is 2.41 bits per heavy atom. The van der Waals surface area contributed by atoms with Crippen LogP contribution in [0.25, 0.3) is 5.76 Å². The summed E-state index contributed by atoms with van der Waals surface area (Å²) in [5.74, 6) is -1.27. The number of hydrogen-bond donors (Lipinski definition) is 1. The van der Waals surface area contributed by atoms with Gasteiger partial charge in [0.2, 0.25) is 0 Å². The van der Waals surface area contributed by atoms with Crippen LogP contribution in [-0.4, -0.2) is 55.2 Å². The predicted molar refractivity (Wildman–Crippen MR) is 154 cm³/mol. The molecule has 41 heavy (non-hydrogen) atoms. The summed E-state index contributed by atoms with van der Waals surface area (Å²) in [5, 5.41) is 11.6. The summed E-state index contributed by atoms with van der Waals surface area (Å²) in [6, 6.07) is 10.6. The third-order valence-electron chi connectivity index (χ3n) is 6.50. The van der Waals surface area contributed by atoms with Crippen molar-refractivity contribution in [1.29, 1.82) is 0 Å². The van der Waals surface area contributed by atoms with E-state index in [9.17, 15) is 19.5 Å². The number of unbranched alkanes of at least 4 members (excludes halogenated alkanes) is 1. The van der Waals surface area contributed by atoms with Crippen molar-refractivity contribution in [2.75, 3.05) is 32.3 Å². The maximum Gasteiger partial charge on any atom is 0.350 e. The summed E-state index contributed by atoms with van der Waals surface area (Å²) < 4.78 is 21.7. The van der Waals surface area contributed by atoms with Gasteiger partial charge in [0.05, 0.1) is 44.7 Å². The fourth-order valence-electron chi connectivity index (χ4n) is 4.44. The van der Waals surface area contributed by atoms with Crippen LogP contribution >= 0.6 is 11.3 Å². The number of ether oxygens (including phenoxy) is 4. The number of hydrogen-bond acceptors (Lipinski definition) is 10. The van der Waals surface area contributed by atoms with Gasteiger partial charge in [0, 0.05) is 5.56 Å². The number of anilines is 1. The number of amides is 1. The van der Waals surface area contributed by atoms with E-state index >= 15 is 0 Å². The average molecular weight is 581 g/mol. The molecule has 216 valence electrons. The average Bonchev–Trinajstić information content (AvgIpc) is 3.49. The molecule has 1 N–H and O–H groups in total. The van der Waals surface area contributed by atoms with Crippen LogP contribution in [0.15, 0.2) is 48.0 Å². The number of carbonyl (C=O) groups excluding carboxylic acids is 3. The van der Waals surface area contributed by atoms with Gasteiger partial charge in [0.15, 0.2) is 16.6 Å². The minimum atomic E-state index is -1.07. The summed E-state index contributed by atoms with van der Waals surface area (Å²) in [6.07, 6.45) is 1.90. The molecule has 1 aromatic heterocycles. The zero-order valence-electron chi connectivity index (χ0n) is 23.6. The molecule has 0 bridgehead atoms. The van der Waals surface area contributed by atoms with Crippen LogP contribution < -0.4 is 19.1 Å². The fourth-order valence-corrected chi connectivity index (χ4v) is 5.45. The zero-order chi connectivity index (χ0) is 29.7. The van der Waals surface area contributed by atoms with E-state index < -0.39 is 23.7 Å². The van der Waals surface area contributed by atoms with Crippen molar-refractivity contribution < 1.29 is 38.4 Å². The van der Waals surface area contributed by atoms with Gasteiger partial charge in [0.25, 0.3) is 5.78 Å². The lowest BCUT2D eigenvalue weighted by molar-refractivity contribution is -0.132. The molecule has 2 aromatic carbocycles. The minimum absolute atomic E-state index is 0.113. The number of benzene rings is 2. The van der Waals surface area contributed by atoms with Gasteiger partial charge in [-0.3, -0.25) is 14.5 Å². The SMILES string of the molecule is CCCCOc1ccc(/C(O)=C2\C(=O)C(=O)N(c3nc(C)c(C(=O)OC)s3)C2c2ccc(OCC)c(OC)c2)cc1. The molecule has 1 aliphatic heterocycles. The van der Waals surface area contributed by atoms with E-state index in [0.29, 0.717) is 47.3 Å². The number of ketones is 1. The number of esters is 1. The van der Waals surface area contributed by atoms with Gasteiger partial charge in [-0.15, -0.1) is 0 Å². The summed E-state index contributed by atoms with van der Waals surface area (Å²) in [6.45, 7) is 6.49. The van der Waals surface area contributed by atoms with Crippen LogP contribution in [0.3, 0.4) is 0 Å². The van der Waals surface area contributed by atoms with E-state index in [-0.39, 0.29) is 21.3 Å². The third kappa shape index (κ3) is 5.90. The molecule has 0 aliphatic carbocycles. The van der Waals surface area contributed by atoms with Crippen molar-refractivity contribution in [3.05, 3.63) is 69.7 Å². The smallest absolute Gasteiger partial charge is 0.350 e. The van der Waals surface area contributed by atoms with E-state index in [1.165, 1.54) is 19.1 Å². The Labute approximate surface area is 242 Å². The summed E-state index contributed by atoms with van der Waals surface area (Å²) >= 11 is 0.926. The van der Waals surface area contributed by atoms with E-state index in [1.807, 2.05) is 6.92 Å². The van der Waals surface area contributed by atoms with Gasteiger partial charge >= 0.3 is 11.9 Å². The van der Waals surface area contributed by atoms with Crippen molar-refractivity contribution >= 4 is 39.9 Å². The Bertz CT molecular complexity index is 1480. The highest BCUT2D eigenvalue weighted by Crippen LogP contribution is 2.45. The second-order valence-electron chi connectivity index (χ2n) is 9.14. The van der Waals surface area contributed by atoms with E-state index in [4.69, 9.17) is 18.9 Å². The van der Waals surface area contributed by atoms with Crippen LogP contribution in [0, 0.1) is 6.92 Å². The molecule has 1 fully saturated rings. The van der Waals surface area contributed by atoms with Gasteiger partial charge < -0.3 is 24.1 Å². The van der Waals surface area contributed by atoms with Gasteiger partial charge in [-0.2, -0.15) is 0 Å². The molecule has 1 unspecified atom stereocenters. The van der Waals surface area contributed by atoms with E-state index in [1.54, 1.807) is 49.4 Å². The molecule has 1 aliphatic rings. The van der Waals surface area contributed by atoms with Gasteiger partial charge in [-0.1, -0.05) is 30.7 Å². The lowest BCUT2D eigenvalue weighted by Crippen LogP contribution is -2.29. The zero-order valence-corrected chi connectivity index (χ0v) is 24.4. The highest BCUT2D eigenvalue weighted by molar-refractivity contribution is 7.17. The topological polar surface area (TPSA) is 124 Å². The maximum absolute atomic E-state index is 13.5. The number of nitrogens with zero attached hydrogens (tertiary/aromatic N) is 2. The molecular formula is C30H32N2O8S. The van der Waals surface area contributed by atoms with E-state index in [2.05, 4.69) is 11.9 Å². The number of thiazole rings is 1. The number of Topliss-reactive ketones (excluding diaryl/α,β-unsaturated/α-hetero) is 1. The Morgan fingerprint density at radius 2 is 1.78 bits per heavy atom. The highest BCUT2D eigenvalue weighted by Gasteiger charge is 2.48. The Balaban J connectivity index is 1.87. The first-order valence-corrected chi connectivity index (χ1v) is 14.0. The number of aliphatic hydroxyl groups excluding tert-OH is 1. The van der Waals surface area contributed by atoms with Crippen molar-refractivity contribution in [1.82, 2.24) is 4.98 Å². The fraction of sp³-hybridized carbons (Fsp3) is 0.333. The van der Waals surface area contributed by atoms with Gasteiger partial charge in [0.1, 0.15) is 16.4 Å². The second kappa shape index (κ2) is 12.9. The third-order valence-corrected chi connectivity index (χ3v) is 7.64. The molecule has 0 spiro atoms. The first kappa shape index (κ1) is 29.6. The Kier molecular flexibility index (Phi) is 9.28. The molecule has 1 saturated heterocycles. The van der Waals surface area contributed by atoms with Crippen LogP contribution in [0.5, 0.6) is 17.2 Å². The normalized spacial score (nSPS) is 16.1. The van der Waals surface area contributed by atoms with Crippen molar-refractivity contribution in [3.8, 4) is 17.2 Å². The van der Waals surface area contributed by atoms with Crippen molar-refractivity contribution in [2.24, 2.45) is 0 Å². The monoisotopic (exact) mass is 580 g/mol. The first-order valence-electron chi connectivity index (χ1n) is 13.2. The van der Waals surface area contributed by atoms with Gasteiger partial charge in [-0.05, 0) is 62.2 Å². The number of aliphatic hydroxyl groups is 1. The maximum atomic E-state index is 13.5. The van der Waals surface area contributed by atoms with Crippen LogP contribution in [0.1, 0.15) is 59.2 Å². The van der Waals surface area contributed by atoms with Crippen LogP contribution in [0.4, 0.5) is 5.13 Å². The molecule has 11 heteroatoms. The lowest BCUT2D eigenvalue weighted by atomic mass is 9.95. The minimum Gasteiger partial charge on any atom is -0.507 e. The van der Waals surface area contributed by atoms with Crippen LogP contribution in [0.2, 0.25) is 0 Å². The molecule has 3 aromatic rings. The van der Waals surface area contributed by atoms with Gasteiger partial charge in [-0.25, -0.2) is 9.78 Å². The number of aromatic nitrogens is 1.